The molecule has 2 aromatic rings. The topological polar surface area (TPSA) is 79.9 Å². The summed E-state index contributed by atoms with van der Waals surface area (Å²) in [5, 5.41) is 0. The summed E-state index contributed by atoms with van der Waals surface area (Å²) < 4.78 is 0.844. The molecule has 5 nitrogen and oxygen atoms in total. The zero-order valence-electron chi connectivity index (χ0n) is 9.81. The molecule has 2 aromatic heterocycles. The molecule has 2 rings (SSSR count). The number of aryl methyl sites for hydroxylation is 1. The molecule has 0 aliphatic carbocycles. The number of nitrogens with one attached hydrogen (secondary N) is 1. The zero-order valence-corrected chi connectivity index (χ0v) is 11.4. The van der Waals surface area contributed by atoms with Crippen molar-refractivity contribution in [3.05, 3.63) is 35.1 Å². The van der Waals surface area contributed by atoms with Crippen LogP contribution in [0.5, 0.6) is 0 Å². The number of nitrogens with two attached hydrogens (primary N) is 1. The summed E-state index contributed by atoms with van der Waals surface area (Å²) in [7, 11) is 0. The van der Waals surface area contributed by atoms with E-state index in [2.05, 4.69) is 42.5 Å². The molecule has 0 spiro atoms. The second kappa shape index (κ2) is 5.14. The Morgan fingerprint density at radius 3 is 3.06 bits per heavy atom. The number of nitrogen functional groups attached to an aromatic ring is 1. The maximum Gasteiger partial charge on any atom is 0.173 e. The Balaban J connectivity index is 2.48. The molecule has 18 heavy (non-hydrogen) atoms. The molecule has 2 heterocycles. The van der Waals surface area contributed by atoms with Gasteiger partial charge in [0.2, 0.25) is 0 Å². The number of aliphatic imine (C=N–C) groups is 1. The van der Waals surface area contributed by atoms with E-state index in [1.54, 1.807) is 18.5 Å². The van der Waals surface area contributed by atoms with Gasteiger partial charge in [-0.1, -0.05) is 12.7 Å². The summed E-state index contributed by atoms with van der Waals surface area (Å²) in [5.41, 5.74) is 7.44. The van der Waals surface area contributed by atoms with Gasteiger partial charge in [-0.05, 0) is 28.9 Å². The van der Waals surface area contributed by atoms with Gasteiger partial charge in [-0.15, -0.1) is 0 Å². The van der Waals surface area contributed by atoms with Crippen molar-refractivity contribution in [1.29, 1.82) is 0 Å². The van der Waals surface area contributed by atoms with E-state index >= 15 is 0 Å². The van der Waals surface area contributed by atoms with Crippen molar-refractivity contribution in [2.75, 3.05) is 5.73 Å². The van der Waals surface area contributed by atoms with E-state index in [1.165, 1.54) is 0 Å². The number of rotatable bonds is 3. The average molecular weight is 306 g/mol. The van der Waals surface area contributed by atoms with Gasteiger partial charge in [-0.3, -0.25) is 0 Å². The van der Waals surface area contributed by atoms with E-state index in [-0.39, 0.29) is 0 Å². The lowest BCUT2D eigenvalue weighted by Crippen LogP contribution is -1.94. The van der Waals surface area contributed by atoms with Gasteiger partial charge in [0.1, 0.15) is 11.6 Å². The highest BCUT2D eigenvalue weighted by Crippen LogP contribution is 2.27. The van der Waals surface area contributed by atoms with Crippen molar-refractivity contribution < 1.29 is 0 Å². The van der Waals surface area contributed by atoms with E-state index in [0.29, 0.717) is 17.5 Å². The van der Waals surface area contributed by atoms with Gasteiger partial charge in [0.05, 0.1) is 11.3 Å². The summed E-state index contributed by atoms with van der Waals surface area (Å²) in [6.45, 7) is 5.47. The molecule has 0 atom stereocenters. The van der Waals surface area contributed by atoms with Crippen LogP contribution in [-0.2, 0) is 0 Å². The van der Waals surface area contributed by atoms with E-state index in [4.69, 9.17) is 5.73 Å². The second-order valence-electron chi connectivity index (χ2n) is 3.63. The van der Waals surface area contributed by atoms with Crippen LogP contribution in [0.1, 0.15) is 5.69 Å². The second-order valence-corrected chi connectivity index (χ2v) is 4.55. The largest absolute Gasteiger partial charge is 0.383 e. The Morgan fingerprint density at radius 1 is 1.56 bits per heavy atom. The molecule has 92 valence electrons. The first-order chi connectivity index (χ1) is 8.61. The Kier molecular flexibility index (Phi) is 3.57. The van der Waals surface area contributed by atoms with Crippen molar-refractivity contribution >= 4 is 33.8 Å². The predicted octanol–water partition coefficient (Wildman–Crippen LogP) is 3.01. The third-order valence-corrected chi connectivity index (χ3v) is 2.74. The lowest BCUT2D eigenvalue weighted by molar-refractivity contribution is 1.23. The molecule has 0 fully saturated rings. The van der Waals surface area contributed by atoms with Crippen LogP contribution in [0.15, 0.2) is 34.4 Å². The van der Waals surface area contributed by atoms with Crippen LogP contribution < -0.4 is 5.73 Å². The predicted molar refractivity (Wildman–Crippen MR) is 77.0 cm³/mol. The van der Waals surface area contributed by atoms with E-state index in [0.717, 1.165) is 15.7 Å². The molecule has 0 aromatic carbocycles. The van der Waals surface area contributed by atoms with Crippen LogP contribution in [0.3, 0.4) is 0 Å². The van der Waals surface area contributed by atoms with Gasteiger partial charge in [0.15, 0.2) is 5.82 Å². The summed E-state index contributed by atoms with van der Waals surface area (Å²) in [6, 6.07) is 1.86. The van der Waals surface area contributed by atoms with Crippen molar-refractivity contribution in [2.45, 2.75) is 6.92 Å². The maximum atomic E-state index is 5.83. The van der Waals surface area contributed by atoms with Crippen LogP contribution in [0.25, 0.3) is 11.4 Å². The van der Waals surface area contributed by atoms with Crippen LogP contribution in [0.2, 0.25) is 0 Å². The first-order valence-corrected chi connectivity index (χ1v) is 6.04. The van der Waals surface area contributed by atoms with Gasteiger partial charge < -0.3 is 10.7 Å². The standard InChI is InChI=1S/C12H12BrN5/c1-3-4-15-11-7(2)17-12(18-11)9-5-8(13)6-16-10(9)14/h3-6H,1H2,2H3,(H2,14,16)(H,17,18). The minimum atomic E-state index is 0.422. The Bertz CT molecular complexity index is 615. The smallest absolute Gasteiger partial charge is 0.173 e. The molecule has 0 amide bonds. The maximum absolute atomic E-state index is 5.83. The van der Waals surface area contributed by atoms with Crippen molar-refractivity contribution in [1.82, 2.24) is 15.0 Å². The van der Waals surface area contributed by atoms with Gasteiger partial charge >= 0.3 is 0 Å². The highest BCUT2D eigenvalue weighted by atomic mass is 79.9. The van der Waals surface area contributed by atoms with Crippen LogP contribution in [-0.4, -0.2) is 21.2 Å². The molecule has 3 N–H and O–H groups in total. The summed E-state index contributed by atoms with van der Waals surface area (Å²) in [6.07, 6.45) is 4.84. The number of nitrogens with zero attached hydrogens (tertiary/aromatic N) is 3. The molecule has 6 heteroatoms. The average Bonchev–Trinajstić information content (AvgIpc) is 2.71. The lowest BCUT2D eigenvalue weighted by Gasteiger charge is -2.01. The number of allylic oxidation sites excluding steroid dienone is 1. The van der Waals surface area contributed by atoms with Gasteiger partial charge in [-0.2, -0.15) is 0 Å². The molecule has 0 unspecified atom stereocenters. The summed E-state index contributed by atoms with van der Waals surface area (Å²) in [4.78, 5) is 15.8. The first-order valence-electron chi connectivity index (χ1n) is 5.25. The van der Waals surface area contributed by atoms with Crippen molar-refractivity contribution in [2.24, 2.45) is 4.99 Å². The number of aromatic nitrogens is 3. The van der Waals surface area contributed by atoms with E-state index in [9.17, 15) is 0 Å². The molecule has 0 saturated heterocycles. The van der Waals surface area contributed by atoms with Gasteiger partial charge in [0, 0.05) is 16.9 Å². The Hall–Kier alpha value is -1.95. The SMILES string of the molecule is C=CC=Nc1nc(-c2cc(Br)cnc2N)[nH]c1C. The Labute approximate surface area is 113 Å². The minimum absolute atomic E-state index is 0.422. The van der Waals surface area contributed by atoms with Crippen LogP contribution >= 0.6 is 15.9 Å². The minimum Gasteiger partial charge on any atom is -0.383 e. The highest BCUT2D eigenvalue weighted by Gasteiger charge is 2.11. The number of aromatic amines is 1. The number of halogens is 1. The number of imidazole rings is 1. The van der Waals surface area contributed by atoms with Crippen molar-refractivity contribution in [3.8, 4) is 11.4 Å². The Morgan fingerprint density at radius 2 is 2.33 bits per heavy atom. The van der Waals surface area contributed by atoms with Crippen molar-refractivity contribution in [3.63, 3.8) is 0 Å². The number of hydrogen-bond acceptors (Lipinski definition) is 4. The summed E-state index contributed by atoms with van der Waals surface area (Å²) >= 11 is 3.36. The number of pyridine rings is 1. The molecule has 0 aliphatic heterocycles. The van der Waals surface area contributed by atoms with Gasteiger partial charge in [-0.25, -0.2) is 15.0 Å². The van der Waals surface area contributed by atoms with E-state index in [1.807, 2.05) is 13.0 Å². The zero-order chi connectivity index (χ0) is 13.1. The molecule has 0 bridgehead atoms. The fraction of sp³-hybridized carbons (Fsp3) is 0.0833. The van der Waals surface area contributed by atoms with Crippen LogP contribution in [0, 0.1) is 6.92 Å². The van der Waals surface area contributed by atoms with Gasteiger partial charge in [0.25, 0.3) is 0 Å². The van der Waals surface area contributed by atoms with Crippen LogP contribution in [0.4, 0.5) is 11.6 Å². The molecular weight excluding hydrogens is 294 g/mol. The fourth-order valence-corrected chi connectivity index (χ4v) is 1.80. The molecular formula is C12H12BrN5. The number of H-pyrrole nitrogens is 1. The molecule has 0 aliphatic rings. The molecule has 0 radical (unpaired) electrons. The fourth-order valence-electron chi connectivity index (χ4n) is 1.47. The number of hydrogen-bond donors (Lipinski definition) is 2. The monoisotopic (exact) mass is 305 g/mol. The summed E-state index contributed by atoms with van der Waals surface area (Å²) in [5.74, 6) is 1.69. The van der Waals surface area contributed by atoms with E-state index < -0.39 is 0 Å². The quantitative estimate of drug-likeness (QED) is 0.855. The first kappa shape index (κ1) is 12.5. The third kappa shape index (κ3) is 2.48. The molecule has 0 saturated carbocycles. The lowest BCUT2D eigenvalue weighted by atomic mass is 10.2. The normalized spacial score (nSPS) is 11.0. The number of anilines is 1. The highest BCUT2D eigenvalue weighted by molar-refractivity contribution is 9.10. The third-order valence-electron chi connectivity index (χ3n) is 2.30.